The van der Waals surface area contributed by atoms with E-state index in [0.29, 0.717) is 17.7 Å². The second-order valence-electron chi connectivity index (χ2n) is 7.64. The van der Waals surface area contributed by atoms with Crippen LogP contribution < -0.4 is 15.1 Å². The quantitative estimate of drug-likeness (QED) is 0.902. The van der Waals surface area contributed by atoms with E-state index in [9.17, 15) is 4.79 Å². The Hall–Kier alpha value is -2.63. The molecule has 0 bridgehead atoms. The topological polar surface area (TPSA) is 61.4 Å². The van der Waals surface area contributed by atoms with E-state index in [1.807, 2.05) is 6.92 Å². The minimum atomic E-state index is -0.0849. The van der Waals surface area contributed by atoms with Gasteiger partial charge < -0.3 is 15.1 Å². The molecule has 2 aromatic rings. The molecular weight excluding hydrogens is 338 g/mol. The van der Waals surface area contributed by atoms with Gasteiger partial charge in [0.2, 0.25) is 5.95 Å². The van der Waals surface area contributed by atoms with Crippen LogP contribution in [0.15, 0.2) is 24.3 Å². The van der Waals surface area contributed by atoms with Crippen LogP contribution in [-0.4, -0.2) is 48.1 Å². The summed E-state index contributed by atoms with van der Waals surface area (Å²) in [5.74, 6) is 0.579. The summed E-state index contributed by atoms with van der Waals surface area (Å²) in [7, 11) is 0. The van der Waals surface area contributed by atoms with Crippen LogP contribution in [0.1, 0.15) is 40.2 Å². The van der Waals surface area contributed by atoms with Crippen molar-refractivity contribution in [2.75, 3.05) is 36.0 Å². The number of rotatable bonds is 4. The molecule has 6 nitrogen and oxygen atoms in total. The molecule has 1 aromatic heterocycles. The van der Waals surface area contributed by atoms with Crippen molar-refractivity contribution in [2.24, 2.45) is 0 Å². The van der Waals surface area contributed by atoms with Crippen molar-refractivity contribution in [1.29, 1.82) is 0 Å². The van der Waals surface area contributed by atoms with E-state index in [-0.39, 0.29) is 5.91 Å². The number of amides is 1. The Morgan fingerprint density at radius 1 is 1.04 bits per heavy atom. The Bertz CT molecular complexity index is 854. The van der Waals surface area contributed by atoms with E-state index >= 15 is 0 Å². The van der Waals surface area contributed by atoms with Crippen LogP contribution in [0.2, 0.25) is 0 Å². The highest BCUT2D eigenvalue weighted by Crippen LogP contribution is 2.25. The van der Waals surface area contributed by atoms with Gasteiger partial charge in [-0.25, -0.2) is 9.97 Å². The van der Waals surface area contributed by atoms with Gasteiger partial charge in [0, 0.05) is 43.6 Å². The third kappa shape index (κ3) is 3.89. The Morgan fingerprint density at radius 2 is 1.74 bits per heavy atom. The molecule has 0 radical (unpaired) electrons. The van der Waals surface area contributed by atoms with E-state index < -0.39 is 0 Å². The predicted molar refractivity (Wildman–Crippen MR) is 108 cm³/mol. The molecule has 0 unspecified atom stereocenters. The minimum absolute atomic E-state index is 0.0849. The standard InChI is InChI=1S/C21H27N5O/c1-14-5-4-6-19(16(14)3)25-9-11-26(12-10-25)21-22-15(2)13-18(24-21)20(27)23-17-7-8-17/h4-6,13,17H,7-12H2,1-3H3,(H,23,27). The highest BCUT2D eigenvalue weighted by Gasteiger charge is 2.26. The molecule has 0 spiro atoms. The van der Waals surface area contributed by atoms with Gasteiger partial charge in [0.25, 0.3) is 5.91 Å². The van der Waals surface area contributed by atoms with Gasteiger partial charge in [-0.05, 0) is 56.9 Å². The van der Waals surface area contributed by atoms with Crippen LogP contribution in [0.4, 0.5) is 11.6 Å². The molecule has 2 heterocycles. The highest BCUT2D eigenvalue weighted by atomic mass is 16.2. The van der Waals surface area contributed by atoms with E-state index in [4.69, 9.17) is 0 Å². The zero-order valence-corrected chi connectivity index (χ0v) is 16.3. The first kappa shape index (κ1) is 17.8. The van der Waals surface area contributed by atoms with E-state index in [2.05, 4.69) is 57.1 Å². The number of nitrogens with zero attached hydrogens (tertiary/aromatic N) is 4. The van der Waals surface area contributed by atoms with Gasteiger partial charge in [-0.15, -0.1) is 0 Å². The van der Waals surface area contributed by atoms with Crippen molar-refractivity contribution >= 4 is 17.5 Å². The van der Waals surface area contributed by atoms with Crippen LogP contribution in [0.5, 0.6) is 0 Å². The summed E-state index contributed by atoms with van der Waals surface area (Å²) >= 11 is 0. The lowest BCUT2D eigenvalue weighted by molar-refractivity contribution is 0.0946. The average molecular weight is 365 g/mol. The van der Waals surface area contributed by atoms with Gasteiger partial charge in [-0.1, -0.05) is 12.1 Å². The molecular formula is C21H27N5O. The van der Waals surface area contributed by atoms with Crippen LogP contribution >= 0.6 is 0 Å². The molecule has 6 heteroatoms. The van der Waals surface area contributed by atoms with E-state index in [0.717, 1.165) is 44.7 Å². The number of nitrogens with one attached hydrogen (secondary N) is 1. The van der Waals surface area contributed by atoms with Gasteiger partial charge in [0.1, 0.15) is 5.69 Å². The monoisotopic (exact) mass is 365 g/mol. The number of piperazine rings is 1. The summed E-state index contributed by atoms with van der Waals surface area (Å²) in [5.41, 5.74) is 5.28. The molecule has 1 N–H and O–H groups in total. The maximum absolute atomic E-state index is 12.4. The first-order valence-corrected chi connectivity index (χ1v) is 9.74. The van der Waals surface area contributed by atoms with Crippen LogP contribution in [-0.2, 0) is 0 Å². The second-order valence-corrected chi connectivity index (χ2v) is 7.64. The third-order valence-corrected chi connectivity index (χ3v) is 5.47. The molecule has 142 valence electrons. The summed E-state index contributed by atoms with van der Waals surface area (Å²) in [6.45, 7) is 9.80. The van der Waals surface area contributed by atoms with E-state index in [1.54, 1.807) is 6.07 Å². The van der Waals surface area contributed by atoms with Gasteiger partial charge in [0.05, 0.1) is 0 Å². The zero-order valence-electron chi connectivity index (χ0n) is 16.3. The summed E-state index contributed by atoms with van der Waals surface area (Å²) < 4.78 is 0. The Morgan fingerprint density at radius 3 is 2.44 bits per heavy atom. The SMILES string of the molecule is Cc1cc(C(=O)NC2CC2)nc(N2CCN(c3cccc(C)c3C)CC2)n1. The van der Waals surface area contributed by atoms with Gasteiger partial charge >= 0.3 is 0 Å². The summed E-state index contributed by atoms with van der Waals surface area (Å²) in [5, 5.41) is 3.01. The number of carbonyl (C=O) groups is 1. The van der Waals surface area contributed by atoms with Crippen molar-refractivity contribution in [3.8, 4) is 0 Å². The van der Waals surface area contributed by atoms with Crippen molar-refractivity contribution in [1.82, 2.24) is 15.3 Å². The number of aryl methyl sites for hydroxylation is 2. The Balaban J connectivity index is 1.47. The highest BCUT2D eigenvalue weighted by molar-refractivity contribution is 5.93. The molecule has 1 aliphatic heterocycles. The average Bonchev–Trinajstić information content (AvgIpc) is 3.48. The molecule has 2 aliphatic rings. The lowest BCUT2D eigenvalue weighted by Crippen LogP contribution is -2.47. The molecule has 1 aromatic carbocycles. The maximum Gasteiger partial charge on any atom is 0.270 e. The van der Waals surface area contributed by atoms with E-state index in [1.165, 1.54) is 16.8 Å². The summed E-state index contributed by atoms with van der Waals surface area (Å²) in [4.78, 5) is 26.1. The molecule has 1 saturated carbocycles. The van der Waals surface area contributed by atoms with Crippen molar-refractivity contribution in [3.05, 3.63) is 46.8 Å². The Labute approximate surface area is 160 Å². The molecule has 4 rings (SSSR count). The maximum atomic E-state index is 12.4. The smallest absolute Gasteiger partial charge is 0.270 e. The van der Waals surface area contributed by atoms with Gasteiger partial charge in [-0.2, -0.15) is 0 Å². The summed E-state index contributed by atoms with van der Waals surface area (Å²) in [6, 6.07) is 8.58. The summed E-state index contributed by atoms with van der Waals surface area (Å²) in [6.07, 6.45) is 2.14. The van der Waals surface area contributed by atoms with Gasteiger partial charge in [0.15, 0.2) is 0 Å². The molecule has 1 aliphatic carbocycles. The van der Waals surface area contributed by atoms with Crippen LogP contribution in [0.3, 0.4) is 0 Å². The lowest BCUT2D eigenvalue weighted by Gasteiger charge is -2.37. The molecule has 1 saturated heterocycles. The first-order valence-electron chi connectivity index (χ1n) is 9.74. The van der Waals surface area contributed by atoms with Crippen LogP contribution in [0.25, 0.3) is 0 Å². The van der Waals surface area contributed by atoms with Crippen molar-refractivity contribution in [2.45, 2.75) is 39.7 Å². The minimum Gasteiger partial charge on any atom is -0.368 e. The van der Waals surface area contributed by atoms with Gasteiger partial charge in [-0.3, -0.25) is 4.79 Å². The number of carbonyl (C=O) groups excluding carboxylic acids is 1. The third-order valence-electron chi connectivity index (χ3n) is 5.47. The fraction of sp³-hybridized carbons (Fsp3) is 0.476. The largest absolute Gasteiger partial charge is 0.368 e. The molecule has 2 fully saturated rings. The van der Waals surface area contributed by atoms with Crippen molar-refractivity contribution < 1.29 is 4.79 Å². The fourth-order valence-electron chi connectivity index (χ4n) is 3.52. The van der Waals surface area contributed by atoms with Crippen LogP contribution in [0, 0.1) is 20.8 Å². The predicted octanol–water partition coefficient (Wildman–Crippen LogP) is 2.62. The number of hydrogen-bond donors (Lipinski definition) is 1. The normalized spacial score (nSPS) is 17.1. The Kier molecular flexibility index (Phi) is 4.72. The molecule has 1 amide bonds. The number of anilines is 2. The number of hydrogen-bond acceptors (Lipinski definition) is 5. The number of benzene rings is 1. The second kappa shape index (κ2) is 7.18. The molecule has 0 atom stereocenters. The molecule has 27 heavy (non-hydrogen) atoms. The number of aromatic nitrogens is 2. The lowest BCUT2D eigenvalue weighted by atomic mass is 10.1. The zero-order chi connectivity index (χ0) is 19.0. The fourth-order valence-corrected chi connectivity index (χ4v) is 3.52. The van der Waals surface area contributed by atoms with Crippen molar-refractivity contribution in [3.63, 3.8) is 0 Å². The first-order chi connectivity index (χ1) is 13.0.